The average Bonchev–Trinajstić information content (AvgIpc) is 3.34. The first kappa shape index (κ1) is 28.1. The molecule has 39 heavy (non-hydrogen) atoms. The quantitative estimate of drug-likeness (QED) is 0.353. The molecule has 3 aliphatic rings. The smallest absolute Gasteiger partial charge is 0.256 e. The second-order valence-corrected chi connectivity index (χ2v) is 18.4. The number of amides is 1. The van der Waals surface area contributed by atoms with Gasteiger partial charge >= 0.3 is 0 Å². The first-order valence-corrected chi connectivity index (χ1v) is 18.5. The van der Waals surface area contributed by atoms with E-state index < -0.39 is 8.07 Å². The fourth-order valence-corrected chi connectivity index (χ4v) is 7.05. The van der Waals surface area contributed by atoms with Crippen LogP contribution < -0.4 is 10.2 Å². The van der Waals surface area contributed by atoms with Gasteiger partial charge in [0.1, 0.15) is 12.4 Å². The molecule has 2 fully saturated rings. The van der Waals surface area contributed by atoms with Crippen LogP contribution in [0.4, 0.5) is 5.69 Å². The molecule has 1 N–H and O–H groups in total. The summed E-state index contributed by atoms with van der Waals surface area (Å²) in [6.07, 6.45) is 9.16. The Morgan fingerprint density at radius 2 is 1.87 bits per heavy atom. The maximum atomic E-state index is 12.8. The van der Waals surface area contributed by atoms with Crippen molar-refractivity contribution in [3.05, 3.63) is 24.0 Å². The van der Waals surface area contributed by atoms with Gasteiger partial charge in [0.05, 0.1) is 24.0 Å². The summed E-state index contributed by atoms with van der Waals surface area (Å²) in [5.41, 5.74) is 2.62. The zero-order chi connectivity index (χ0) is 27.4. The third-order valence-corrected chi connectivity index (χ3v) is 10.4. The molecule has 0 spiro atoms. The SMILES string of the molecule is C[Si](C)(C)CCOCn1ccc2c3c(cnc21)C(=O)NCN3C1CCC(CN2CCN(CCC#N)CC2)CC1. The molecule has 2 aromatic rings. The highest BCUT2D eigenvalue weighted by molar-refractivity contribution is 6.76. The molecular weight excluding hydrogens is 506 g/mol. The lowest BCUT2D eigenvalue weighted by molar-refractivity contribution is 0.0899. The van der Waals surface area contributed by atoms with E-state index in [1.807, 2.05) is 6.20 Å². The molecular formula is C29H45N7O2Si. The normalized spacial score (nSPS) is 23.0. The van der Waals surface area contributed by atoms with E-state index in [-0.39, 0.29) is 5.91 Å². The van der Waals surface area contributed by atoms with Gasteiger partial charge in [-0.25, -0.2) is 4.98 Å². The molecule has 2 aromatic heterocycles. The summed E-state index contributed by atoms with van der Waals surface area (Å²) in [4.78, 5) is 25.0. The fourth-order valence-electron chi connectivity index (χ4n) is 6.30. The van der Waals surface area contributed by atoms with E-state index in [2.05, 4.69) is 56.4 Å². The Bertz CT molecular complexity index is 1170. The molecule has 0 radical (unpaired) electrons. The number of hydrogen-bond acceptors (Lipinski definition) is 7. The fraction of sp³-hybridized carbons (Fsp3) is 0.690. The lowest BCUT2D eigenvalue weighted by atomic mass is 9.84. The van der Waals surface area contributed by atoms with Crippen LogP contribution >= 0.6 is 0 Å². The van der Waals surface area contributed by atoms with Gasteiger partial charge in [-0.1, -0.05) is 19.6 Å². The monoisotopic (exact) mass is 551 g/mol. The molecule has 0 bridgehead atoms. The Labute approximate surface area is 234 Å². The summed E-state index contributed by atoms with van der Waals surface area (Å²) in [6, 6.07) is 5.94. The molecule has 212 valence electrons. The van der Waals surface area contributed by atoms with Crippen molar-refractivity contribution < 1.29 is 9.53 Å². The molecule has 0 unspecified atom stereocenters. The number of nitriles is 1. The number of hydrogen-bond donors (Lipinski definition) is 1. The second-order valence-electron chi connectivity index (χ2n) is 12.8. The number of carbonyl (C=O) groups excluding carboxylic acids is 1. The minimum atomic E-state index is -1.13. The summed E-state index contributed by atoms with van der Waals surface area (Å²) >= 11 is 0. The number of aromatic nitrogens is 2. The van der Waals surface area contributed by atoms with Crippen LogP contribution in [0.5, 0.6) is 0 Å². The first-order chi connectivity index (χ1) is 18.8. The van der Waals surface area contributed by atoms with E-state index >= 15 is 0 Å². The standard InChI is InChI=1S/C29H45N7O2Si/c1-39(2,3)18-17-38-22-35-12-9-25-27-26(19-31-28(25)35)29(37)32-21-36(27)24-7-5-23(6-8-24)20-34-15-13-33(14-16-34)11-4-10-30/h9,12,19,23-24H,4-8,11,13-18,20-22H2,1-3H3,(H,32,37). The number of rotatable bonds is 10. The van der Waals surface area contributed by atoms with Gasteiger partial charge in [-0.15, -0.1) is 0 Å². The van der Waals surface area contributed by atoms with Crippen molar-refractivity contribution >= 4 is 30.7 Å². The Morgan fingerprint density at radius 1 is 1.13 bits per heavy atom. The first-order valence-electron chi connectivity index (χ1n) is 14.7. The molecule has 0 atom stereocenters. The lowest BCUT2D eigenvalue weighted by Crippen LogP contribution is -2.51. The van der Waals surface area contributed by atoms with E-state index in [0.29, 0.717) is 31.4 Å². The maximum absolute atomic E-state index is 12.8. The molecule has 1 aliphatic carbocycles. The van der Waals surface area contributed by atoms with Crippen LogP contribution in [0.3, 0.4) is 0 Å². The van der Waals surface area contributed by atoms with Crippen LogP contribution in [-0.4, -0.2) is 91.9 Å². The minimum Gasteiger partial charge on any atom is -0.361 e. The van der Waals surface area contributed by atoms with Crippen molar-refractivity contribution in [1.29, 1.82) is 5.26 Å². The van der Waals surface area contributed by atoms with Crippen molar-refractivity contribution in [3.63, 3.8) is 0 Å². The number of piperazine rings is 1. The van der Waals surface area contributed by atoms with Crippen molar-refractivity contribution in [2.45, 2.75) is 70.6 Å². The van der Waals surface area contributed by atoms with E-state index in [0.717, 1.165) is 80.9 Å². The van der Waals surface area contributed by atoms with Gasteiger partial charge in [-0.2, -0.15) is 5.26 Å². The number of fused-ring (bicyclic) bond motifs is 3. The topological polar surface area (TPSA) is 89.7 Å². The number of anilines is 1. The van der Waals surface area contributed by atoms with Crippen LogP contribution in [0.1, 0.15) is 42.5 Å². The molecule has 1 amide bonds. The van der Waals surface area contributed by atoms with Gasteiger partial charge in [0.25, 0.3) is 5.91 Å². The van der Waals surface area contributed by atoms with Crippen molar-refractivity contribution in [1.82, 2.24) is 24.7 Å². The van der Waals surface area contributed by atoms with Crippen molar-refractivity contribution in [2.24, 2.45) is 5.92 Å². The third kappa shape index (κ3) is 6.83. The Morgan fingerprint density at radius 3 is 2.59 bits per heavy atom. The molecule has 2 aliphatic heterocycles. The summed E-state index contributed by atoms with van der Waals surface area (Å²) in [5.74, 6) is 0.704. The number of ether oxygens (including phenoxy) is 1. The third-order valence-electron chi connectivity index (χ3n) is 8.71. The highest BCUT2D eigenvalue weighted by Crippen LogP contribution is 2.38. The number of carbonyl (C=O) groups is 1. The van der Waals surface area contributed by atoms with E-state index in [4.69, 9.17) is 15.0 Å². The van der Waals surface area contributed by atoms with Crippen LogP contribution in [0, 0.1) is 17.2 Å². The maximum Gasteiger partial charge on any atom is 0.256 e. The second kappa shape index (κ2) is 12.4. The summed E-state index contributed by atoms with van der Waals surface area (Å²) in [7, 11) is -1.13. The molecule has 5 rings (SSSR count). The predicted octanol–water partition coefficient (Wildman–Crippen LogP) is 3.95. The number of nitrogens with one attached hydrogen (secondary N) is 1. The molecule has 1 saturated heterocycles. The molecule has 10 heteroatoms. The Balaban J connectivity index is 1.20. The van der Waals surface area contributed by atoms with Gasteiger partial charge < -0.3 is 24.4 Å². The zero-order valence-electron chi connectivity index (χ0n) is 24.0. The zero-order valence-corrected chi connectivity index (χ0v) is 25.0. The van der Waals surface area contributed by atoms with Gasteiger partial charge in [-0.3, -0.25) is 9.69 Å². The molecule has 1 saturated carbocycles. The Hall–Kier alpha value is -2.45. The Kier molecular flexibility index (Phi) is 8.91. The summed E-state index contributed by atoms with van der Waals surface area (Å²) in [6.45, 7) is 15.4. The summed E-state index contributed by atoms with van der Waals surface area (Å²) in [5, 5.41) is 13.0. The van der Waals surface area contributed by atoms with Gasteiger partial charge in [0.15, 0.2) is 0 Å². The summed E-state index contributed by atoms with van der Waals surface area (Å²) < 4.78 is 8.08. The predicted molar refractivity (Wildman–Crippen MR) is 158 cm³/mol. The van der Waals surface area contributed by atoms with Gasteiger partial charge in [0.2, 0.25) is 0 Å². The van der Waals surface area contributed by atoms with Gasteiger partial charge in [0, 0.05) is 84.2 Å². The average molecular weight is 552 g/mol. The number of pyridine rings is 1. The van der Waals surface area contributed by atoms with Crippen LogP contribution in [0.15, 0.2) is 18.5 Å². The molecule has 0 aromatic carbocycles. The van der Waals surface area contributed by atoms with Crippen LogP contribution in [0.25, 0.3) is 11.0 Å². The lowest BCUT2D eigenvalue weighted by Gasteiger charge is -2.42. The van der Waals surface area contributed by atoms with Crippen LogP contribution in [-0.2, 0) is 11.5 Å². The van der Waals surface area contributed by atoms with Crippen molar-refractivity contribution in [3.8, 4) is 6.07 Å². The molecule has 9 nitrogen and oxygen atoms in total. The van der Waals surface area contributed by atoms with Gasteiger partial charge in [-0.05, 0) is 43.7 Å². The van der Waals surface area contributed by atoms with E-state index in [1.165, 1.54) is 19.4 Å². The highest BCUT2D eigenvalue weighted by atomic mass is 28.3. The largest absolute Gasteiger partial charge is 0.361 e. The molecule has 4 heterocycles. The number of nitrogens with zero attached hydrogens (tertiary/aromatic N) is 6. The van der Waals surface area contributed by atoms with Crippen molar-refractivity contribution in [2.75, 3.05) is 57.4 Å². The van der Waals surface area contributed by atoms with E-state index in [9.17, 15) is 4.79 Å². The van der Waals surface area contributed by atoms with E-state index in [1.54, 1.807) is 6.20 Å². The highest BCUT2D eigenvalue weighted by Gasteiger charge is 2.34. The minimum absolute atomic E-state index is 0.0302. The van der Waals surface area contributed by atoms with Crippen LogP contribution in [0.2, 0.25) is 25.7 Å².